The second-order valence-corrected chi connectivity index (χ2v) is 5.78. The lowest BCUT2D eigenvalue weighted by atomic mass is 10.0. The zero-order chi connectivity index (χ0) is 11.7. The smallest absolute Gasteiger partial charge is 0.0995 e. The van der Waals surface area contributed by atoms with Crippen LogP contribution in [0.25, 0.3) is 0 Å². The predicted molar refractivity (Wildman–Crippen MR) is 69.3 cm³/mol. The number of nitrogens with zero attached hydrogens (tertiary/aromatic N) is 1. The lowest BCUT2D eigenvalue weighted by Crippen LogP contribution is -2.11. The molecule has 0 radical (unpaired) electrons. The summed E-state index contributed by atoms with van der Waals surface area (Å²) in [5.41, 5.74) is 8.85. The average molecular weight is 273 g/mol. The van der Waals surface area contributed by atoms with Gasteiger partial charge in [0.2, 0.25) is 0 Å². The molecule has 0 saturated heterocycles. The van der Waals surface area contributed by atoms with Crippen molar-refractivity contribution in [3.63, 3.8) is 0 Å². The van der Waals surface area contributed by atoms with Crippen LogP contribution in [0.2, 0.25) is 8.67 Å². The van der Waals surface area contributed by atoms with Crippen molar-refractivity contribution >= 4 is 34.5 Å². The van der Waals surface area contributed by atoms with Gasteiger partial charge in [-0.3, -0.25) is 4.98 Å². The van der Waals surface area contributed by atoms with Crippen molar-refractivity contribution in [3.8, 4) is 0 Å². The number of thiophene rings is 1. The highest BCUT2D eigenvalue weighted by atomic mass is 35.5. The van der Waals surface area contributed by atoms with Gasteiger partial charge in [0.25, 0.3) is 0 Å². The summed E-state index contributed by atoms with van der Waals surface area (Å²) in [6.45, 7) is 1.93. The third-order valence-corrected chi connectivity index (χ3v) is 3.83. The number of rotatable bonds is 2. The van der Waals surface area contributed by atoms with E-state index in [4.69, 9.17) is 28.9 Å². The van der Waals surface area contributed by atoms with Crippen LogP contribution in [0.1, 0.15) is 22.9 Å². The van der Waals surface area contributed by atoms with E-state index in [2.05, 4.69) is 4.98 Å². The van der Waals surface area contributed by atoms with E-state index in [0.29, 0.717) is 8.67 Å². The van der Waals surface area contributed by atoms with Crippen molar-refractivity contribution in [2.24, 2.45) is 5.73 Å². The number of aromatic nitrogens is 1. The maximum Gasteiger partial charge on any atom is 0.0995 e. The van der Waals surface area contributed by atoms with Crippen LogP contribution < -0.4 is 5.73 Å². The summed E-state index contributed by atoms with van der Waals surface area (Å²) in [7, 11) is 0. The van der Waals surface area contributed by atoms with Gasteiger partial charge in [-0.25, -0.2) is 0 Å². The number of halogens is 2. The van der Waals surface area contributed by atoms with E-state index in [-0.39, 0.29) is 6.04 Å². The molecule has 2 nitrogen and oxygen atoms in total. The summed E-state index contributed by atoms with van der Waals surface area (Å²) in [5.74, 6) is 0. The molecule has 1 unspecified atom stereocenters. The largest absolute Gasteiger partial charge is 0.320 e. The normalized spacial score (nSPS) is 12.8. The summed E-state index contributed by atoms with van der Waals surface area (Å²) in [4.78, 5) is 4.21. The molecule has 0 amide bonds. The van der Waals surface area contributed by atoms with Crippen molar-refractivity contribution < 1.29 is 0 Å². The maximum atomic E-state index is 6.10. The molecule has 2 N–H and O–H groups in total. The fourth-order valence-electron chi connectivity index (χ4n) is 1.41. The van der Waals surface area contributed by atoms with Gasteiger partial charge >= 0.3 is 0 Å². The van der Waals surface area contributed by atoms with Gasteiger partial charge in [0.1, 0.15) is 0 Å². The summed E-state index contributed by atoms with van der Waals surface area (Å²) >= 11 is 13.3. The number of hydrogen-bond acceptors (Lipinski definition) is 3. The topological polar surface area (TPSA) is 38.9 Å². The summed E-state index contributed by atoms with van der Waals surface area (Å²) in [6.07, 6.45) is 1.77. The molecule has 2 rings (SSSR count). The summed E-state index contributed by atoms with van der Waals surface area (Å²) in [6, 6.07) is 5.41. The van der Waals surface area contributed by atoms with Crippen molar-refractivity contribution in [2.45, 2.75) is 13.0 Å². The van der Waals surface area contributed by atoms with Crippen molar-refractivity contribution in [1.82, 2.24) is 4.98 Å². The first-order chi connectivity index (χ1) is 7.58. The lowest BCUT2D eigenvalue weighted by Gasteiger charge is -2.10. The Morgan fingerprint density at radius 3 is 2.62 bits per heavy atom. The SMILES string of the molecule is Cc1ccc(C(N)c2cc(Cl)sc2Cl)cn1. The van der Waals surface area contributed by atoms with Gasteiger partial charge in [-0.1, -0.05) is 29.3 Å². The summed E-state index contributed by atoms with van der Waals surface area (Å²) < 4.78 is 1.29. The molecule has 5 heteroatoms. The number of hydrogen-bond donors (Lipinski definition) is 1. The third-order valence-electron chi connectivity index (χ3n) is 2.31. The van der Waals surface area contributed by atoms with Gasteiger partial charge in [0, 0.05) is 17.5 Å². The van der Waals surface area contributed by atoms with Gasteiger partial charge in [-0.2, -0.15) is 0 Å². The molecule has 0 spiro atoms. The first-order valence-electron chi connectivity index (χ1n) is 4.71. The highest BCUT2D eigenvalue weighted by molar-refractivity contribution is 7.20. The second-order valence-electron chi connectivity index (χ2n) is 3.49. The molecule has 2 aromatic heterocycles. The maximum absolute atomic E-state index is 6.10. The van der Waals surface area contributed by atoms with E-state index in [1.807, 2.05) is 19.1 Å². The highest BCUT2D eigenvalue weighted by Crippen LogP contribution is 2.36. The van der Waals surface area contributed by atoms with Gasteiger partial charge in [-0.15, -0.1) is 11.3 Å². The second kappa shape index (κ2) is 4.72. The molecule has 0 fully saturated rings. The van der Waals surface area contributed by atoms with Gasteiger partial charge in [-0.05, 0) is 24.6 Å². The van der Waals surface area contributed by atoms with Crippen molar-refractivity contribution in [2.75, 3.05) is 0 Å². The van der Waals surface area contributed by atoms with Crippen molar-refractivity contribution in [1.29, 1.82) is 0 Å². The number of aryl methyl sites for hydroxylation is 1. The Morgan fingerprint density at radius 2 is 2.12 bits per heavy atom. The fourth-order valence-corrected chi connectivity index (χ4v) is 2.96. The van der Waals surface area contributed by atoms with Crippen molar-refractivity contribution in [3.05, 3.63) is 49.9 Å². The molecule has 0 aliphatic heterocycles. The van der Waals surface area contributed by atoms with Crippen LogP contribution in [0.5, 0.6) is 0 Å². The van der Waals surface area contributed by atoms with E-state index < -0.39 is 0 Å². The number of nitrogens with two attached hydrogens (primary N) is 1. The van der Waals surface area contributed by atoms with Crippen LogP contribution in [-0.4, -0.2) is 4.98 Å². The third kappa shape index (κ3) is 2.38. The Hall–Kier alpha value is -0.610. The predicted octanol–water partition coefficient (Wildman–Crippen LogP) is 3.81. The monoisotopic (exact) mass is 272 g/mol. The first-order valence-corrected chi connectivity index (χ1v) is 6.28. The fraction of sp³-hybridized carbons (Fsp3) is 0.182. The Morgan fingerprint density at radius 1 is 1.38 bits per heavy atom. The van der Waals surface area contributed by atoms with E-state index in [0.717, 1.165) is 16.8 Å². The van der Waals surface area contributed by atoms with Gasteiger partial charge in [0.05, 0.1) is 14.7 Å². The van der Waals surface area contributed by atoms with Crippen LogP contribution in [0, 0.1) is 6.92 Å². The molecule has 84 valence electrons. The molecule has 0 saturated carbocycles. The minimum absolute atomic E-state index is 0.274. The average Bonchev–Trinajstić information content (AvgIpc) is 2.58. The standard InChI is InChI=1S/C11H10Cl2N2S/c1-6-2-3-7(5-15-6)10(14)8-4-9(12)16-11(8)13/h2-5,10H,14H2,1H3. The molecule has 0 aliphatic rings. The summed E-state index contributed by atoms with van der Waals surface area (Å²) in [5, 5.41) is 0. The Bertz CT molecular complexity index is 493. The van der Waals surface area contributed by atoms with Crippen LogP contribution in [0.3, 0.4) is 0 Å². The van der Waals surface area contributed by atoms with Crippen LogP contribution in [0.15, 0.2) is 24.4 Å². The van der Waals surface area contributed by atoms with E-state index >= 15 is 0 Å². The zero-order valence-corrected chi connectivity index (χ0v) is 10.9. The van der Waals surface area contributed by atoms with E-state index in [1.54, 1.807) is 12.3 Å². The first kappa shape index (κ1) is 11.9. The van der Waals surface area contributed by atoms with Crippen LogP contribution >= 0.6 is 34.5 Å². The Kier molecular flexibility index (Phi) is 3.50. The van der Waals surface area contributed by atoms with Crippen LogP contribution in [0.4, 0.5) is 0 Å². The Labute approximate surface area is 108 Å². The minimum Gasteiger partial charge on any atom is -0.320 e. The quantitative estimate of drug-likeness (QED) is 0.903. The molecule has 0 aromatic carbocycles. The van der Waals surface area contributed by atoms with Crippen LogP contribution in [-0.2, 0) is 0 Å². The molecule has 0 aliphatic carbocycles. The van der Waals surface area contributed by atoms with Gasteiger partial charge in [0.15, 0.2) is 0 Å². The molecule has 1 atom stereocenters. The van der Waals surface area contributed by atoms with E-state index in [1.165, 1.54) is 11.3 Å². The molecular weight excluding hydrogens is 263 g/mol. The van der Waals surface area contributed by atoms with E-state index in [9.17, 15) is 0 Å². The molecule has 2 heterocycles. The zero-order valence-electron chi connectivity index (χ0n) is 8.58. The number of pyridine rings is 1. The molecular formula is C11H10Cl2N2S. The molecule has 16 heavy (non-hydrogen) atoms. The van der Waals surface area contributed by atoms with Gasteiger partial charge < -0.3 is 5.73 Å². The highest BCUT2D eigenvalue weighted by Gasteiger charge is 2.15. The minimum atomic E-state index is -0.274. The lowest BCUT2D eigenvalue weighted by molar-refractivity contribution is 0.865. The molecule has 0 bridgehead atoms. The molecule has 2 aromatic rings. The Balaban J connectivity index is 2.35.